The number of para-hydroxylation sites is 2. The van der Waals surface area contributed by atoms with Crippen molar-refractivity contribution in [1.82, 2.24) is 4.72 Å². The van der Waals surface area contributed by atoms with Crippen LogP contribution in [0.4, 0.5) is 11.4 Å². The molecule has 0 saturated carbocycles. The smallest absolute Gasteiger partial charge is 0.247 e. The minimum Gasteiger partial charge on any atom is -0.492 e. The second-order valence-electron chi connectivity index (χ2n) is 7.75. The molecule has 0 bridgehead atoms. The first kappa shape index (κ1) is 23.5. The molecule has 1 atom stereocenters. The summed E-state index contributed by atoms with van der Waals surface area (Å²) >= 11 is 0. The lowest BCUT2D eigenvalue weighted by Crippen LogP contribution is -2.37. The molecule has 3 N–H and O–H groups in total. The van der Waals surface area contributed by atoms with Crippen molar-refractivity contribution in [2.75, 3.05) is 17.2 Å². The molecule has 8 nitrogen and oxygen atoms in total. The van der Waals surface area contributed by atoms with E-state index in [1.54, 1.807) is 60.7 Å². The van der Waals surface area contributed by atoms with Gasteiger partial charge in [0.25, 0.3) is 0 Å². The Bertz CT molecular complexity index is 1310. The Labute approximate surface area is 198 Å². The molecule has 0 unspecified atom stereocenters. The first-order chi connectivity index (χ1) is 16.4. The van der Waals surface area contributed by atoms with Gasteiger partial charge in [-0.2, -0.15) is 4.72 Å². The lowest BCUT2D eigenvalue weighted by Gasteiger charge is -2.21. The average Bonchev–Trinajstić information content (AvgIpc) is 2.84. The standard InChI is InChI=1S/C25H25N3O5S/c1-2-33-22-11-7-6-10-21(22)27-25(30)24(17-8-4-3-5-9-17)28-34(31,32)19-13-14-20-18(16-19)12-15-23(29)26-20/h3-11,13-14,16,24,28H,2,12,15H2,1H3,(H,26,29)(H,27,30)/t24-/m0/s1. The molecule has 2 amide bonds. The van der Waals surface area contributed by atoms with Gasteiger partial charge in [0.15, 0.2) is 0 Å². The van der Waals surface area contributed by atoms with E-state index in [2.05, 4.69) is 15.4 Å². The Balaban J connectivity index is 1.63. The first-order valence-electron chi connectivity index (χ1n) is 10.9. The van der Waals surface area contributed by atoms with Gasteiger partial charge in [-0.3, -0.25) is 9.59 Å². The summed E-state index contributed by atoms with van der Waals surface area (Å²) in [7, 11) is -4.07. The first-order valence-corrected chi connectivity index (χ1v) is 12.4. The summed E-state index contributed by atoms with van der Waals surface area (Å²) in [4.78, 5) is 24.9. The van der Waals surface area contributed by atoms with Crippen molar-refractivity contribution in [3.05, 3.63) is 83.9 Å². The Morgan fingerprint density at radius 3 is 2.53 bits per heavy atom. The van der Waals surface area contributed by atoms with Gasteiger partial charge in [-0.15, -0.1) is 0 Å². The SMILES string of the molecule is CCOc1ccccc1NC(=O)[C@@H](NS(=O)(=O)c1ccc2c(c1)CCC(=O)N2)c1ccccc1. The fourth-order valence-corrected chi connectivity index (χ4v) is 4.96. The molecule has 1 aliphatic rings. The van der Waals surface area contributed by atoms with E-state index < -0.39 is 22.0 Å². The lowest BCUT2D eigenvalue weighted by molar-refractivity contribution is -0.118. The molecule has 0 saturated heterocycles. The highest BCUT2D eigenvalue weighted by Crippen LogP contribution is 2.28. The predicted octanol–water partition coefficient (Wildman–Crippen LogP) is 3.63. The van der Waals surface area contributed by atoms with Gasteiger partial charge >= 0.3 is 0 Å². The maximum atomic E-state index is 13.3. The van der Waals surface area contributed by atoms with Crippen LogP contribution in [-0.2, 0) is 26.0 Å². The predicted molar refractivity (Wildman–Crippen MR) is 129 cm³/mol. The van der Waals surface area contributed by atoms with Crippen molar-refractivity contribution >= 4 is 33.2 Å². The summed E-state index contributed by atoms with van der Waals surface area (Å²) in [6.45, 7) is 2.25. The van der Waals surface area contributed by atoms with Crippen LogP contribution in [0.5, 0.6) is 5.75 Å². The van der Waals surface area contributed by atoms with Gasteiger partial charge in [0.2, 0.25) is 21.8 Å². The number of carbonyl (C=O) groups is 2. The Kier molecular flexibility index (Phi) is 6.95. The number of hydrogen-bond donors (Lipinski definition) is 3. The number of hydrogen-bond acceptors (Lipinski definition) is 5. The lowest BCUT2D eigenvalue weighted by atomic mass is 10.0. The number of amides is 2. The van der Waals surface area contributed by atoms with Gasteiger partial charge in [-0.05, 0) is 54.8 Å². The topological polar surface area (TPSA) is 114 Å². The Hall–Kier alpha value is -3.69. The maximum absolute atomic E-state index is 13.3. The molecule has 1 aliphatic heterocycles. The van der Waals surface area contributed by atoms with E-state index in [1.165, 1.54) is 12.1 Å². The van der Waals surface area contributed by atoms with Crippen LogP contribution in [0.2, 0.25) is 0 Å². The van der Waals surface area contributed by atoms with Gasteiger partial charge in [0.05, 0.1) is 17.2 Å². The van der Waals surface area contributed by atoms with Crippen molar-refractivity contribution in [2.24, 2.45) is 0 Å². The third-order valence-corrected chi connectivity index (χ3v) is 6.82. The zero-order chi connectivity index (χ0) is 24.1. The summed E-state index contributed by atoms with van der Waals surface area (Å²) in [5, 5.41) is 5.52. The number of carbonyl (C=O) groups excluding carboxylic acids is 2. The van der Waals surface area contributed by atoms with E-state index in [1.807, 2.05) is 6.92 Å². The number of anilines is 2. The highest BCUT2D eigenvalue weighted by molar-refractivity contribution is 7.89. The minimum atomic E-state index is -4.07. The molecular weight excluding hydrogens is 454 g/mol. The highest BCUT2D eigenvalue weighted by atomic mass is 32.2. The number of aryl methyl sites for hydroxylation is 1. The van der Waals surface area contributed by atoms with Gasteiger partial charge in [-0.1, -0.05) is 42.5 Å². The van der Waals surface area contributed by atoms with Crippen LogP contribution in [0.3, 0.4) is 0 Å². The quantitative estimate of drug-likeness (QED) is 0.457. The monoisotopic (exact) mass is 479 g/mol. The fraction of sp³-hybridized carbons (Fsp3) is 0.200. The van der Waals surface area contributed by atoms with Crippen molar-refractivity contribution in [3.8, 4) is 5.75 Å². The van der Waals surface area contributed by atoms with E-state index >= 15 is 0 Å². The van der Waals surface area contributed by atoms with Crippen LogP contribution in [0.15, 0.2) is 77.7 Å². The van der Waals surface area contributed by atoms with Crippen LogP contribution in [0.25, 0.3) is 0 Å². The Morgan fingerprint density at radius 1 is 1.03 bits per heavy atom. The summed E-state index contributed by atoms with van der Waals surface area (Å²) < 4.78 is 34.7. The number of rotatable bonds is 8. The van der Waals surface area contributed by atoms with Gasteiger partial charge in [0.1, 0.15) is 11.8 Å². The van der Waals surface area contributed by atoms with E-state index in [0.29, 0.717) is 35.7 Å². The number of nitrogens with one attached hydrogen (secondary N) is 3. The maximum Gasteiger partial charge on any atom is 0.247 e. The van der Waals surface area contributed by atoms with Gasteiger partial charge < -0.3 is 15.4 Å². The zero-order valence-electron chi connectivity index (χ0n) is 18.6. The van der Waals surface area contributed by atoms with Crippen LogP contribution < -0.4 is 20.1 Å². The second-order valence-corrected chi connectivity index (χ2v) is 9.46. The van der Waals surface area contributed by atoms with Crippen molar-refractivity contribution in [2.45, 2.75) is 30.7 Å². The molecule has 0 aromatic heterocycles. The fourth-order valence-electron chi connectivity index (χ4n) is 3.72. The van der Waals surface area contributed by atoms with E-state index in [0.717, 1.165) is 5.56 Å². The molecule has 9 heteroatoms. The van der Waals surface area contributed by atoms with Crippen molar-refractivity contribution in [3.63, 3.8) is 0 Å². The largest absolute Gasteiger partial charge is 0.492 e. The van der Waals surface area contributed by atoms with Gasteiger partial charge in [-0.25, -0.2) is 8.42 Å². The molecule has 34 heavy (non-hydrogen) atoms. The normalized spacial score (nSPS) is 14.0. The molecule has 1 heterocycles. The number of benzene rings is 3. The zero-order valence-corrected chi connectivity index (χ0v) is 19.4. The third kappa shape index (κ3) is 5.27. The molecule has 176 valence electrons. The number of sulfonamides is 1. The Morgan fingerprint density at radius 2 is 1.76 bits per heavy atom. The third-order valence-electron chi connectivity index (χ3n) is 5.40. The summed E-state index contributed by atoms with van der Waals surface area (Å²) in [6, 6.07) is 18.9. The van der Waals surface area contributed by atoms with Crippen LogP contribution >= 0.6 is 0 Å². The van der Waals surface area contributed by atoms with Crippen molar-refractivity contribution < 1.29 is 22.7 Å². The molecule has 0 radical (unpaired) electrons. The van der Waals surface area contributed by atoms with E-state index in [4.69, 9.17) is 4.74 Å². The van der Waals surface area contributed by atoms with Crippen LogP contribution in [-0.4, -0.2) is 26.8 Å². The summed E-state index contributed by atoms with van der Waals surface area (Å²) in [5.41, 5.74) is 2.26. The second kappa shape index (κ2) is 10.1. The molecule has 3 aromatic rings. The van der Waals surface area contributed by atoms with Crippen molar-refractivity contribution in [1.29, 1.82) is 0 Å². The number of fused-ring (bicyclic) bond motifs is 1. The van der Waals surface area contributed by atoms with Gasteiger partial charge in [0, 0.05) is 12.1 Å². The molecule has 4 rings (SSSR count). The van der Waals surface area contributed by atoms with Crippen LogP contribution in [0.1, 0.15) is 30.5 Å². The van der Waals surface area contributed by atoms with E-state index in [9.17, 15) is 18.0 Å². The number of ether oxygens (including phenoxy) is 1. The highest BCUT2D eigenvalue weighted by Gasteiger charge is 2.29. The molecule has 0 aliphatic carbocycles. The van der Waals surface area contributed by atoms with E-state index in [-0.39, 0.29) is 17.2 Å². The molecular formula is C25H25N3O5S. The molecule has 0 fully saturated rings. The summed E-state index contributed by atoms with van der Waals surface area (Å²) in [5.74, 6) is -0.161. The molecule has 3 aromatic carbocycles. The van der Waals surface area contributed by atoms with Crippen LogP contribution in [0, 0.1) is 0 Å². The average molecular weight is 480 g/mol. The molecule has 0 spiro atoms. The summed E-state index contributed by atoms with van der Waals surface area (Å²) in [6.07, 6.45) is 0.736. The minimum absolute atomic E-state index is 0.0193.